The molecule has 0 saturated carbocycles. The monoisotopic (exact) mass is 520 g/mol. The molecule has 0 saturated heterocycles. The molecule has 1 aliphatic heterocycles. The summed E-state index contributed by atoms with van der Waals surface area (Å²) in [6.07, 6.45) is 2.05. The van der Waals surface area contributed by atoms with Crippen LogP contribution in [0.5, 0.6) is 5.75 Å². The van der Waals surface area contributed by atoms with Gasteiger partial charge in [-0.2, -0.15) is 0 Å². The summed E-state index contributed by atoms with van der Waals surface area (Å²) in [5.74, 6) is 1.17. The molecule has 1 atom stereocenters. The molecule has 1 heterocycles. The van der Waals surface area contributed by atoms with Crippen molar-refractivity contribution in [1.82, 2.24) is 0 Å². The zero-order chi connectivity index (χ0) is 15.5. The van der Waals surface area contributed by atoms with Crippen LogP contribution >= 0.6 is 45.2 Å². The van der Waals surface area contributed by atoms with E-state index in [1.807, 2.05) is 30.3 Å². The highest BCUT2D eigenvalue weighted by molar-refractivity contribution is 14.1. The van der Waals surface area contributed by atoms with Gasteiger partial charge < -0.3 is 9.15 Å². The molecular formula is C17H14I2O3. The number of benzene rings is 2. The highest BCUT2D eigenvalue weighted by Crippen LogP contribution is 2.35. The van der Waals surface area contributed by atoms with Gasteiger partial charge in [-0.05, 0) is 52.0 Å². The van der Waals surface area contributed by atoms with E-state index in [4.69, 9.17) is 9.15 Å². The largest absolute Gasteiger partial charge is 0.479 e. The zero-order valence-electron chi connectivity index (χ0n) is 11.7. The molecule has 0 N–H and O–H groups in total. The lowest BCUT2D eigenvalue weighted by molar-refractivity contribution is 0.292. The molecule has 1 unspecified atom stereocenters. The molecule has 0 fully saturated rings. The fourth-order valence-electron chi connectivity index (χ4n) is 2.30. The summed E-state index contributed by atoms with van der Waals surface area (Å²) in [6, 6.07) is 12.8. The Hall–Kier alpha value is -0.830. The van der Waals surface area contributed by atoms with Crippen molar-refractivity contribution in [3.63, 3.8) is 0 Å². The molecule has 2 aliphatic rings. The van der Waals surface area contributed by atoms with E-state index in [9.17, 15) is 4.79 Å². The maximum absolute atomic E-state index is 11.9. The van der Waals surface area contributed by atoms with E-state index in [0.717, 1.165) is 33.8 Å². The van der Waals surface area contributed by atoms with E-state index in [-0.39, 0.29) is 9.54 Å². The minimum atomic E-state index is -0.0981. The van der Waals surface area contributed by atoms with Gasteiger partial charge >= 0.3 is 0 Å². The average molecular weight is 520 g/mol. The third kappa shape index (κ3) is 3.56. The van der Waals surface area contributed by atoms with Crippen LogP contribution in [0.4, 0.5) is 0 Å². The van der Waals surface area contributed by atoms with Crippen LogP contribution in [0.2, 0.25) is 0 Å². The van der Waals surface area contributed by atoms with Gasteiger partial charge in [0.05, 0.1) is 5.56 Å². The number of para-hydroxylation sites is 1. The second kappa shape index (κ2) is 7.16. The first-order chi connectivity index (χ1) is 10.7. The highest BCUT2D eigenvalue weighted by atomic mass is 127. The van der Waals surface area contributed by atoms with Crippen LogP contribution in [0.1, 0.15) is 12.8 Å². The molecule has 0 bridgehead atoms. The van der Waals surface area contributed by atoms with Crippen molar-refractivity contribution in [2.75, 3.05) is 4.43 Å². The fraction of sp³-hybridized carbons (Fsp3) is 0.235. The fourth-order valence-corrected chi connectivity index (χ4v) is 3.46. The summed E-state index contributed by atoms with van der Waals surface area (Å²) in [7, 11) is 0. The van der Waals surface area contributed by atoms with E-state index in [1.165, 1.54) is 6.07 Å². The lowest BCUT2D eigenvalue weighted by Gasteiger charge is -2.16. The minimum absolute atomic E-state index is 0.0452. The lowest BCUT2D eigenvalue weighted by Crippen LogP contribution is -2.11. The Morgan fingerprint density at radius 3 is 2.82 bits per heavy atom. The van der Waals surface area contributed by atoms with Crippen LogP contribution < -0.4 is 10.2 Å². The van der Waals surface area contributed by atoms with Crippen LogP contribution in [-0.2, 0) is 0 Å². The van der Waals surface area contributed by atoms with Gasteiger partial charge in [0.25, 0.3) is 0 Å². The third-order valence-corrected chi connectivity index (χ3v) is 4.98. The first-order valence-corrected chi connectivity index (χ1v) is 9.78. The first kappa shape index (κ1) is 16.0. The summed E-state index contributed by atoms with van der Waals surface area (Å²) in [4.78, 5) is 11.9. The minimum Gasteiger partial charge on any atom is -0.479 e. The highest BCUT2D eigenvalue weighted by Gasteiger charge is 2.16. The predicted octanol–water partition coefficient (Wildman–Crippen LogP) is 5.25. The van der Waals surface area contributed by atoms with Gasteiger partial charge in [0.2, 0.25) is 0 Å². The summed E-state index contributed by atoms with van der Waals surface area (Å²) < 4.78 is 13.0. The SMILES string of the molecule is O=c1cc2oc3ccccc3cc-2c(OC(I)CCCI)c1. The Morgan fingerprint density at radius 1 is 1.18 bits per heavy atom. The topological polar surface area (TPSA) is 39.4 Å². The molecule has 114 valence electrons. The zero-order valence-corrected chi connectivity index (χ0v) is 16.0. The Bertz CT molecular complexity index is 813. The smallest absolute Gasteiger partial charge is 0.186 e. The van der Waals surface area contributed by atoms with Crippen LogP contribution in [0, 0.1) is 0 Å². The molecule has 1 aliphatic carbocycles. The first-order valence-electron chi connectivity index (χ1n) is 7.01. The number of hydrogen-bond acceptors (Lipinski definition) is 3. The number of ether oxygens (including phenoxy) is 1. The van der Waals surface area contributed by atoms with Gasteiger partial charge in [-0.15, -0.1) is 0 Å². The third-order valence-electron chi connectivity index (χ3n) is 3.34. The molecular weight excluding hydrogens is 506 g/mol. The summed E-state index contributed by atoms with van der Waals surface area (Å²) in [5.41, 5.74) is 1.51. The van der Waals surface area contributed by atoms with Gasteiger partial charge in [0, 0.05) is 17.5 Å². The van der Waals surface area contributed by atoms with E-state index in [2.05, 4.69) is 45.2 Å². The number of rotatable bonds is 5. The average Bonchev–Trinajstić information content (AvgIpc) is 2.51. The number of fused-ring (bicyclic) bond motifs is 2. The van der Waals surface area contributed by atoms with Gasteiger partial charge in [0.1, 0.15) is 21.2 Å². The van der Waals surface area contributed by atoms with Crippen LogP contribution in [-0.4, -0.2) is 8.54 Å². The number of alkyl halides is 2. The maximum Gasteiger partial charge on any atom is 0.186 e. The predicted molar refractivity (Wildman–Crippen MR) is 106 cm³/mol. The van der Waals surface area contributed by atoms with Crippen LogP contribution in [0.25, 0.3) is 22.3 Å². The molecule has 1 aromatic rings. The maximum atomic E-state index is 11.9. The summed E-state index contributed by atoms with van der Waals surface area (Å²) in [6.45, 7) is 0. The second-order valence-electron chi connectivity index (χ2n) is 4.98. The van der Waals surface area contributed by atoms with Gasteiger partial charge in [0.15, 0.2) is 5.43 Å². The van der Waals surface area contributed by atoms with Crippen LogP contribution in [0.15, 0.2) is 51.7 Å². The van der Waals surface area contributed by atoms with E-state index < -0.39 is 0 Å². The molecule has 3 rings (SSSR count). The molecule has 0 radical (unpaired) electrons. The normalized spacial score (nSPS) is 12.6. The Morgan fingerprint density at radius 2 is 2.00 bits per heavy atom. The second-order valence-corrected chi connectivity index (χ2v) is 7.44. The van der Waals surface area contributed by atoms with Crippen molar-refractivity contribution in [3.05, 3.63) is 52.7 Å². The standard InChI is InChI=1S/C17H14I2O3/c18-7-3-6-17(19)22-16-10-12(20)9-15-13(16)8-11-4-1-2-5-14(11)21-15/h1-2,4-5,8-10,17H,3,6-7H2. The Kier molecular flexibility index (Phi) is 5.22. The molecule has 0 amide bonds. The van der Waals surface area contributed by atoms with Crippen molar-refractivity contribution in [2.24, 2.45) is 0 Å². The molecule has 1 aromatic carbocycles. The van der Waals surface area contributed by atoms with E-state index in [0.29, 0.717) is 11.5 Å². The summed E-state index contributed by atoms with van der Waals surface area (Å²) >= 11 is 4.63. The van der Waals surface area contributed by atoms with Crippen molar-refractivity contribution in [3.8, 4) is 17.1 Å². The lowest BCUT2D eigenvalue weighted by atomic mass is 10.1. The van der Waals surface area contributed by atoms with Crippen LogP contribution in [0.3, 0.4) is 0 Å². The molecule has 5 heteroatoms. The van der Waals surface area contributed by atoms with Crippen molar-refractivity contribution < 1.29 is 9.15 Å². The molecule has 0 spiro atoms. The van der Waals surface area contributed by atoms with Gasteiger partial charge in [-0.25, -0.2) is 0 Å². The van der Waals surface area contributed by atoms with E-state index >= 15 is 0 Å². The van der Waals surface area contributed by atoms with Gasteiger partial charge in [-0.1, -0.05) is 40.8 Å². The van der Waals surface area contributed by atoms with Crippen molar-refractivity contribution >= 4 is 56.2 Å². The van der Waals surface area contributed by atoms with E-state index in [1.54, 1.807) is 6.07 Å². The molecule has 22 heavy (non-hydrogen) atoms. The quantitative estimate of drug-likeness (QED) is 0.262. The van der Waals surface area contributed by atoms with Gasteiger partial charge in [-0.3, -0.25) is 4.79 Å². The number of hydrogen-bond donors (Lipinski definition) is 0. The summed E-state index contributed by atoms with van der Waals surface area (Å²) in [5, 5.41) is 0.996. The Balaban J connectivity index is 2.05. The Labute approximate surface area is 155 Å². The van der Waals surface area contributed by atoms with Crippen molar-refractivity contribution in [2.45, 2.75) is 17.0 Å². The molecule has 0 aromatic heterocycles. The van der Waals surface area contributed by atoms with Crippen molar-refractivity contribution in [1.29, 1.82) is 0 Å². The number of halogens is 2. The molecule has 3 nitrogen and oxygen atoms in total.